The van der Waals surface area contributed by atoms with Crippen LogP contribution in [0, 0.1) is 0 Å². The maximum absolute atomic E-state index is 9.06. The predicted octanol–water partition coefficient (Wildman–Crippen LogP) is 1.37. The summed E-state index contributed by atoms with van der Waals surface area (Å²) in [5, 5.41) is 19.4. The van der Waals surface area contributed by atoms with Crippen molar-refractivity contribution in [2.75, 3.05) is 0 Å². The maximum atomic E-state index is 9.06. The average molecular weight is 251 g/mol. The van der Waals surface area contributed by atoms with Crippen molar-refractivity contribution >= 4 is 23.5 Å². The molecule has 4 heteroatoms. The third-order valence-corrected chi connectivity index (χ3v) is 3.31. The number of rotatable bonds is 3. The van der Waals surface area contributed by atoms with Gasteiger partial charge in [-0.1, -0.05) is 42.5 Å². The van der Waals surface area contributed by atoms with Crippen LogP contribution in [-0.4, -0.2) is 21.7 Å². The normalized spacial score (nSPS) is 10.8. The number of hydrogen-bond donors (Lipinski definition) is 2. The van der Waals surface area contributed by atoms with Gasteiger partial charge in [-0.15, -0.1) is 0 Å². The zero-order chi connectivity index (χ0) is 13.2. The molecule has 0 atom stereocenters. The Morgan fingerprint density at radius 1 is 0.895 bits per heavy atom. The van der Waals surface area contributed by atoms with Crippen LogP contribution < -0.4 is 5.46 Å². The van der Waals surface area contributed by atoms with Gasteiger partial charge >= 0.3 is 7.12 Å². The van der Waals surface area contributed by atoms with Crippen LogP contribution in [0.25, 0.3) is 10.9 Å². The van der Waals surface area contributed by atoms with E-state index in [-0.39, 0.29) is 0 Å². The molecule has 2 N–H and O–H groups in total. The van der Waals surface area contributed by atoms with E-state index in [9.17, 15) is 0 Å². The largest absolute Gasteiger partial charge is 0.488 e. The Hall–Kier alpha value is -2.04. The summed E-state index contributed by atoms with van der Waals surface area (Å²) >= 11 is 0. The van der Waals surface area contributed by atoms with E-state index >= 15 is 0 Å². The van der Waals surface area contributed by atoms with Crippen molar-refractivity contribution < 1.29 is 10.0 Å². The summed E-state index contributed by atoms with van der Waals surface area (Å²) < 4.78 is 2.18. The third-order valence-electron chi connectivity index (χ3n) is 3.31. The molecular formula is C15H14BNO2. The minimum Gasteiger partial charge on any atom is -0.423 e. The van der Waals surface area contributed by atoms with Crippen LogP contribution in [0.15, 0.2) is 60.8 Å². The van der Waals surface area contributed by atoms with Crippen molar-refractivity contribution in [1.82, 2.24) is 4.57 Å². The molecule has 0 amide bonds. The lowest BCUT2D eigenvalue weighted by Gasteiger charge is -2.07. The predicted molar refractivity (Wildman–Crippen MR) is 77.3 cm³/mol. The molecule has 3 aromatic rings. The average Bonchev–Trinajstić information content (AvgIpc) is 2.83. The molecule has 0 spiro atoms. The van der Waals surface area contributed by atoms with Gasteiger partial charge in [0.2, 0.25) is 0 Å². The molecule has 3 rings (SSSR count). The molecule has 1 aromatic heterocycles. The van der Waals surface area contributed by atoms with E-state index in [4.69, 9.17) is 10.0 Å². The molecule has 2 aromatic carbocycles. The van der Waals surface area contributed by atoms with Crippen molar-refractivity contribution in [3.63, 3.8) is 0 Å². The Morgan fingerprint density at radius 2 is 1.63 bits per heavy atom. The van der Waals surface area contributed by atoms with Crippen LogP contribution in [-0.2, 0) is 6.54 Å². The van der Waals surface area contributed by atoms with Gasteiger partial charge in [-0.25, -0.2) is 0 Å². The van der Waals surface area contributed by atoms with Crippen LogP contribution in [0.2, 0.25) is 0 Å². The van der Waals surface area contributed by atoms with Crippen LogP contribution in [0.4, 0.5) is 0 Å². The van der Waals surface area contributed by atoms with Gasteiger partial charge in [-0.3, -0.25) is 0 Å². The summed E-state index contributed by atoms with van der Waals surface area (Å²) in [5.41, 5.74) is 2.85. The number of hydrogen-bond acceptors (Lipinski definition) is 2. The van der Waals surface area contributed by atoms with Crippen molar-refractivity contribution in [1.29, 1.82) is 0 Å². The summed E-state index contributed by atoms with van der Waals surface area (Å²) in [6.45, 7) is 0.773. The topological polar surface area (TPSA) is 45.4 Å². The molecule has 0 aliphatic rings. The van der Waals surface area contributed by atoms with E-state index in [2.05, 4.69) is 29.0 Å². The minimum atomic E-state index is -1.40. The molecule has 0 saturated carbocycles. The minimum absolute atomic E-state index is 0.515. The highest BCUT2D eigenvalue weighted by atomic mass is 16.4. The first-order valence-corrected chi connectivity index (χ1v) is 6.23. The molecular weight excluding hydrogens is 237 g/mol. The number of fused-ring (bicyclic) bond motifs is 1. The Kier molecular flexibility index (Phi) is 3.11. The lowest BCUT2D eigenvalue weighted by Crippen LogP contribution is -2.29. The van der Waals surface area contributed by atoms with E-state index < -0.39 is 7.12 Å². The fourth-order valence-electron chi connectivity index (χ4n) is 2.27. The van der Waals surface area contributed by atoms with Gasteiger partial charge < -0.3 is 14.6 Å². The van der Waals surface area contributed by atoms with Crippen molar-refractivity contribution in [2.24, 2.45) is 0 Å². The molecule has 0 aliphatic carbocycles. The van der Waals surface area contributed by atoms with E-state index in [1.54, 1.807) is 12.1 Å². The van der Waals surface area contributed by atoms with Crippen molar-refractivity contribution in [2.45, 2.75) is 6.54 Å². The Morgan fingerprint density at radius 3 is 2.37 bits per heavy atom. The first-order chi connectivity index (χ1) is 9.24. The number of benzene rings is 2. The van der Waals surface area contributed by atoms with Crippen molar-refractivity contribution in [3.8, 4) is 0 Å². The van der Waals surface area contributed by atoms with Gasteiger partial charge in [-0.05, 0) is 28.5 Å². The summed E-state index contributed by atoms with van der Waals surface area (Å²) in [5.74, 6) is 0. The van der Waals surface area contributed by atoms with Gasteiger partial charge in [0.25, 0.3) is 0 Å². The van der Waals surface area contributed by atoms with E-state index in [1.807, 2.05) is 24.3 Å². The summed E-state index contributed by atoms with van der Waals surface area (Å²) in [6.07, 6.45) is 2.07. The first kappa shape index (κ1) is 12.0. The van der Waals surface area contributed by atoms with Crippen molar-refractivity contribution in [3.05, 3.63) is 66.4 Å². The van der Waals surface area contributed by atoms with Crippen LogP contribution in [0.5, 0.6) is 0 Å². The molecule has 0 unspecified atom stereocenters. The molecule has 0 aliphatic heterocycles. The zero-order valence-corrected chi connectivity index (χ0v) is 10.4. The van der Waals surface area contributed by atoms with Crippen LogP contribution >= 0.6 is 0 Å². The van der Waals surface area contributed by atoms with Crippen LogP contribution in [0.3, 0.4) is 0 Å². The van der Waals surface area contributed by atoms with Gasteiger partial charge in [0.15, 0.2) is 0 Å². The van der Waals surface area contributed by atoms with Crippen LogP contribution in [0.1, 0.15) is 5.56 Å². The Labute approximate surface area is 111 Å². The third kappa shape index (κ3) is 2.41. The standard InChI is InChI=1S/C15H14BNO2/c18-16(19)14-7-5-12(6-8-14)11-17-10-9-13-3-1-2-4-15(13)17/h1-10,18-19H,11H2. The zero-order valence-electron chi connectivity index (χ0n) is 10.4. The smallest absolute Gasteiger partial charge is 0.423 e. The monoisotopic (exact) mass is 251 g/mol. The van der Waals surface area contributed by atoms with Gasteiger partial charge in [0.1, 0.15) is 0 Å². The first-order valence-electron chi connectivity index (χ1n) is 6.23. The second kappa shape index (κ2) is 4.92. The lowest BCUT2D eigenvalue weighted by atomic mass is 9.80. The van der Waals surface area contributed by atoms with E-state index in [0.717, 1.165) is 12.1 Å². The molecule has 0 bridgehead atoms. The second-order valence-electron chi connectivity index (χ2n) is 4.62. The molecule has 1 heterocycles. The molecule has 0 saturated heterocycles. The Bertz CT molecular complexity index is 689. The molecule has 94 valence electrons. The van der Waals surface area contributed by atoms with Gasteiger partial charge in [-0.2, -0.15) is 0 Å². The van der Waals surface area contributed by atoms with Gasteiger partial charge in [0.05, 0.1) is 0 Å². The highest BCUT2D eigenvalue weighted by Crippen LogP contribution is 2.16. The molecule has 3 nitrogen and oxygen atoms in total. The number of aromatic nitrogens is 1. The lowest BCUT2D eigenvalue weighted by molar-refractivity contribution is 0.426. The summed E-state index contributed by atoms with van der Waals surface area (Å²) in [6, 6.07) is 17.7. The van der Waals surface area contributed by atoms with Gasteiger partial charge in [0, 0.05) is 18.3 Å². The summed E-state index contributed by atoms with van der Waals surface area (Å²) in [4.78, 5) is 0. The molecule has 0 fully saturated rings. The number of nitrogens with zero attached hydrogens (tertiary/aromatic N) is 1. The van der Waals surface area contributed by atoms with E-state index in [1.165, 1.54) is 10.9 Å². The number of para-hydroxylation sites is 1. The summed E-state index contributed by atoms with van der Waals surface area (Å²) in [7, 11) is -1.40. The fourth-order valence-corrected chi connectivity index (χ4v) is 2.27. The SMILES string of the molecule is OB(O)c1ccc(Cn2ccc3ccccc32)cc1. The Balaban J connectivity index is 1.88. The fraction of sp³-hybridized carbons (Fsp3) is 0.0667. The highest BCUT2D eigenvalue weighted by Gasteiger charge is 2.09. The quantitative estimate of drug-likeness (QED) is 0.690. The second-order valence-corrected chi connectivity index (χ2v) is 4.62. The molecule has 19 heavy (non-hydrogen) atoms. The molecule has 0 radical (unpaired) electrons. The highest BCUT2D eigenvalue weighted by molar-refractivity contribution is 6.58. The maximum Gasteiger partial charge on any atom is 0.488 e. The van der Waals surface area contributed by atoms with E-state index in [0.29, 0.717) is 5.46 Å².